The van der Waals surface area contributed by atoms with Crippen molar-refractivity contribution in [2.75, 3.05) is 40.4 Å². The number of carbonyl (C=O) groups is 3. The molecule has 11 heteroatoms. The van der Waals surface area contributed by atoms with Crippen molar-refractivity contribution in [3.05, 3.63) is 29.3 Å². The lowest BCUT2D eigenvalue weighted by Gasteiger charge is -2.30. The van der Waals surface area contributed by atoms with Gasteiger partial charge in [0, 0.05) is 25.2 Å². The summed E-state index contributed by atoms with van der Waals surface area (Å²) < 4.78 is 35.3. The van der Waals surface area contributed by atoms with Gasteiger partial charge in [-0.15, -0.1) is 0 Å². The number of ether oxygens (including phenoxy) is 2. The summed E-state index contributed by atoms with van der Waals surface area (Å²) in [6.45, 7) is -0.304. The minimum atomic E-state index is -3.89. The highest BCUT2D eigenvalue weighted by Gasteiger charge is 2.29. The fraction of sp³-hybridized carbons (Fsp3) is 0.500. The molecular weight excluding hydrogens is 424 g/mol. The minimum absolute atomic E-state index is 0.0123. The van der Waals surface area contributed by atoms with Gasteiger partial charge in [0.1, 0.15) is 6.54 Å². The van der Waals surface area contributed by atoms with Gasteiger partial charge in [0.05, 0.1) is 17.9 Å². The molecular formula is C18H23ClN2O7S. The number of amides is 1. The monoisotopic (exact) mass is 446 g/mol. The van der Waals surface area contributed by atoms with Crippen LogP contribution in [0.5, 0.6) is 0 Å². The SMILES string of the molecule is COC(=O)C1CCN(C(=O)COC(=O)CN(C)S(=O)(=O)c2ccc(Cl)cc2)CC1. The summed E-state index contributed by atoms with van der Waals surface area (Å²) in [7, 11) is -1.33. The Bertz CT molecular complexity index is 849. The number of sulfonamides is 1. The molecule has 1 aliphatic heterocycles. The fourth-order valence-corrected chi connectivity index (χ4v) is 4.10. The van der Waals surface area contributed by atoms with Crippen LogP contribution < -0.4 is 0 Å². The Morgan fingerprint density at radius 2 is 1.76 bits per heavy atom. The quantitative estimate of drug-likeness (QED) is 0.572. The zero-order valence-corrected chi connectivity index (χ0v) is 17.7. The number of esters is 2. The van der Waals surface area contributed by atoms with Gasteiger partial charge in [-0.05, 0) is 37.1 Å². The molecule has 1 aromatic rings. The Balaban J connectivity index is 1.81. The number of hydrogen-bond donors (Lipinski definition) is 0. The van der Waals surface area contributed by atoms with Crippen LogP contribution in [0.2, 0.25) is 5.02 Å². The Morgan fingerprint density at radius 3 is 2.31 bits per heavy atom. The van der Waals surface area contributed by atoms with Crippen molar-refractivity contribution in [3.63, 3.8) is 0 Å². The zero-order chi connectivity index (χ0) is 21.6. The molecule has 0 N–H and O–H groups in total. The van der Waals surface area contributed by atoms with Crippen LogP contribution in [-0.2, 0) is 33.9 Å². The maximum absolute atomic E-state index is 12.4. The Morgan fingerprint density at radius 1 is 1.17 bits per heavy atom. The third-order valence-electron chi connectivity index (χ3n) is 4.61. The van der Waals surface area contributed by atoms with E-state index in [9.17, 15) is 22.8 Å². The molecule has 0 bridgehead atoms. The maximum atomic E-state index is 12.4. The number of likely N-dealkylation sites (N-methyl/N-ethyl adjacent to an activating group) is 1. The lowest BCUT2D eigenvalue weighted by atomic mass is 9.97. The van der Waals surface area contributed by atoms with Crippen LogP contribution in [0, 0.1) is 5.92 Å². The minimum Gasteiger partial charge on any atom is -0.469 e. The molecule has 0 aromatic heterocycles. The van der Waals surface area contributed by atoms with E-state index in [1.807, 2.05) is 0 Å². The summed E-state index contributed by atoms with van der Waals surface area (Å²) in [5, 5.41) is 0.389. The largest absolute Gasteiger partial charge is 0.469 e. The molecule has 1 amide bonds. The Labute approximate surface area is 174 Å². The van der Waals surface area contributed by atoms with Crippen molar-refractivity contribution >= 4 is 39.5 Å². The van der Waals surface area contributed by atoms with E-state index in [1.165, 1.54) is 43.3 Å². The number of nitrogens with zero attached hydrogens (tertiary/aromatic N) is 2. The van der Waals surface area contributed by atoms with Crippen LogP contribution in [0.3, 0.4) is 0 Å². The van der Waals surface area contributed by atoms with Gasteiger partial charge in [0.25, 0.3) is 5.91 Å². The average molecular weight is 447 g/mol. The van der Waals surface area contributed by atoms with E-state index in [1.54, 1.807) is 0 Å². The average Bonchev–Trinajstić information content (AvgIpc) is 2.71. The first-order chi connectivity index (χ1) is 13.6. The number of hydrogen-bond acceptors (Lipinski definition) is 7. The molecule has 160 valence electrons. The highest BCUT2D eigenvalue weighted by atomic mass is 35.5. The molecule has 1 saturated heterocycles. The first kappa shape index (κ1) is 23.1. The third kappa shape index (κ3) is 6.15. The Kier molecular flexibility index (Phi) is 8.00. The van der Waals surface area contributed by atoms with Gasteiger partial charge in [0.2, 0.25) is 10.0 Å². The van der Waals surface area contributed by atoms with Crippen molar-refractivity contribution in [3.8, 4) is 0 Å². The summed E-state index contributed by atoms with van der Waals surface area (Å²) in [5.74, 6) is -1.78. The van der Waals surface area contributed by atoms with Crippen molar-refractivity contribution < 1.29 is 32.3 Å². The van der Waals surface area contributed by atoms with Crippen molar-refractivity contribution in [2.45, 2.75) is 17.7 Å². The number of piperidine rings is 1. The van der Waals surface area contributed by atoms with Gasteiger partial charge >= 0.3 is 11.9 Å². The van der Waals surface area contributed by atoms with E-state index in [2.05, 4.69) is 0 Å². The Hall–Kier alpha value is -2.17. The summed E-state index contributed by atoms with van der Waals surface area (Å²) in [4.78, 5) is 37.1. The number of methoxy groups -OCH3 is 1. The standard InChI is InChI=1S/C18H23ClN2O7S/c1-20(29(25,26)15-5-3-14(19)4-6-15)11-17(23)28-12-16(22)21-9-7-13(8-10-21)18(24)27-2/h3-6,13H,7-12H2,1-2H3. The molecule has 0 unspecified atom stereocenters. The van der Waals surface area contributed by atoms with E-state index in [4.69, 9.17) is 21.1 Å². The van der Waals surface area contributed by atoms with E-state index in [-0.39, 0.29) is 16.8 Å². The lowest BCUT2D eigenvalue weighted by molar-refractivity contribution is -0.154. The highest BCUT2D eigenvalue weighted by molar-refractivity contribution is 7.89. The smallest absolute Gasteiger partial charge is 0.321 e. The van der Waals surface area contributed by atoms with Crippen LogP contribution in [-0.4, -0.2) is 75.9 Å². The molecule has 0 aliphatic carbocycles. The van der Waals surface area contributed by atoms with Crippen LogP contribution in [0.15, 0.2) is 29.2 Å². The maximum Gasteiger partial charge on any atom is 0.321 e. The molecule has 1 fully saturated rings. The van der Waals surface area contributed by atoms with Crippen molar-refractivity contribution in [2.24, 2.45) is 5.92 Å². The van der Waals surface area contributed by atoms with Gasteiger partial charge in [-0.25, -0.2) is 8.42 Å². The van der Waals surface area contributed by atoms with Crippen molar-refractivity contribution in [1.29, 1.82) is 0 Å². The van der Waals surface area contributed by atoms with Gasteiger partial charge in [-0.1, -0.05) is 11.6 Å². The van der Waals surface area contributed by atoms with Crippen LogP contribution in [0.25, 0.3) is 0 Å². The van der Waals surface area contributed by atoms with Gasteiger partial charge in [-0.2, -0.15) is 4.31 Å². The van der Waals surface area contributed by atoms with Crippen LogP contribution in [0.1, 0.15) is 12.8 Å². The second kappa shape index (κ2) is 10.0. The first-order valence-corrected chi connectivity index (χ1v) is 10.7. The number of carbonyl (C=O) groups excluding carboxylic acids is 3. The second-order valence-corrected chi connectivity index (χ2v) is 9.04. The highest BCUT2D eigenvalue weighted by Crippen LogP contribution is 2.19. The number of rotatable bonds is 7. The predicted octanol–water partition coefficient (Wildman–Crippen LogP) is 0.915. The van der Waals surface area contributed by atoms with E-state index in [0.717, 1.165) is 4.31 Å². The summed E-state index contributed by atoms with van der Waals surface area (Å²) in [6, 6.07) is 5.53. The number of halogens is 1. The van der Waals surface area contributed by atoms with E-state index < -0.39 is 35.1 Å². The van der Waals surface area contributed by atoms with E-state index in [0.29, 0.717) is 31.0 Å². The molecule has 0 saturated carbocycles. The topological polar surface area (TPSA) is 110 Å². The molecule has 1 aromatic carbocycles. The van der Waals surface area contributed by atoms with Crippen molar-refractivity contribution in [1.82, 2.24) is 9.21 Å². The van der Waals surface area contributed by atoms with Gasteiger partial charge in [0.15, 0.2) is 6.61 Å². The molecule has 9 nitrogen and oxygen atoms in total. The molecule has 29 heavy (non-hydrogen) atoms. The summed E-state index contributed by atoms with van der Waals surface area (Å²) in [6.07, 6.45) is 0.961. The van der Waals surface area contributed by atoms with E-state index >= 15 is 0 Å². The lowest BCUT2D eigenvalue weighted by Crippen LogP contribution is -2.43. The molecule has 2 rings (SSSR count). The molecule has 1 aliphatic rings. The zero-order valence-electron chi connectivity index (χ0n) is 16.2. The summed E-state index contributed by atoms with van der Waals surface area (Å²) >= 11 is 5.75. The number of benzene rings is 1. The number of likely N-dealkylation sites (tertiary alicyclic amines) is 1. The normalized spacial score (nSPS) is 15.2. The fourth-order valence-electron chi connectivity index (χ4n) is 2.86. The van der Waals surface area contributed by atoms with Gasteiger partial charge < -0.3 is 14.4 Å². The van der Waals surface area contributed by atoms with Gasteiger partial charge in [-0.3, -0.25) is 14.4 Å². The van der Waals surface area contributed by atoms with Crippen LogP contribution >= 0.6 is 11.6 Å². The predicted molar refractivity (Wildman–Crippen MR) is 104 cm³/mol. The second-order valence-electron chi connectivity index (χ2n) is 6.55. The summed E-state index contributed by atoms with van der Waals surface area (Å²) in [5.41, 5.74) is 0. The molecule has 0 atom stereocenters. The molecule has 0 radical (unpaired) electrons. The first-order valence-electron chi connectivity index (χ1n) is 8.88. The molecule has 0 spiro atoms. The van der Waals surface area contributed by atoms with Crippen LogP contribution in [0.4, 0.5) is 0 Å². The third-order valence-corrected chi connectivity index (χ3v) is 6.68. The molecule has 1 heterocycles.